The fourth-order valence-corrected chi connectivity index (χ4v) is 1.41. The molecule has 5 heteroatoms. The number of thiophene rings is 1. The van der Waals surface area contributed by atoms with Crippen LogP contribution in [0.5, 0.6) is 0 Å². The van der Waals surface area contributed by atoms with Crippen LogP contribution >= 0.6 is 11.3 Å². The summed E-state index contributed by atoms with van der Waals surface area (Å²) in [6.07, 6.45) is 0. The number of rotatable bonds is 1. The lowest BCUT2D eigenvalue weighted by Gasteiger charge is -1.81. The molecule has 0 fully saturated rings. The number of nitrogens with one attached hydrogen (secondary N) is 1. The van der Waals surface area contributed by atoms with Crippen LogP contribution in [0.1, 0.15) is 0 Å². The van der Waals surface area contributed by atoms with Crippen molar-refractivity contribution in [3.63, 3.8) is 0 Å². The third-order valence-electron chi connectivity index (χ3n) is 1.19. The molecule has 0 aliphatic carbocycles. The van der Waals surface area contributed by atoms with E-state index in [1.165, 1.54) is 11.3 Å². The van der Waals surface area contributed by atoms with Gasteiger partial charge in [-0.25, -0.2) is 4.79 Å². The van der Waals surface area contributed by atoms with Gasteiger partial charge in [0.05, 0.1) is 4.88 Å². The zero-order valence-corrected chi connectivity index (χ0v) is 6.22. The second kappa shape index (κ2) is 2.35. The van der Waals surface area contributed by atoms with E-state index in [1.54, 1.807) is 0 Å². The van der Waals surface area contributed by atoms with Crippen LogP contribution in [0, 0.1) is 0 Å². The fraction of sp³-hybridized carbons (Fsp3) is 0. The highest BCUT2D eigenvalue weighted by molar-refractivity contribution is 7.13. The van der Waals surface area contributed by atoms with Crippen molar-refractivity contribution in [2.24, 2.45) is 0 Å². The molecule has 0 saturated carbocycles. The minimum atomic E-state index is -0.520. The van der Waals surface area contributed by atoms with Crippen LogP contribution in [0.25, 0.3) is 10.7 Å². The van der Waals surface area contributed by atoms with Crippen LogP contribution in [-0.4, -0.2) is 10.1 Å². The van der Waals surface area contributed by atoms with Gasteiger partial charge in [-0.2, -0.15) is 0 Å². The molecule has 0 amide bonds. The quantitative estimate of drug-likeness (QED) is 0.693. The molecule has 0 bridgehead atoms. The first-order valence-corrected chi connectivity index (χ1v) is 3.84. The van der Waals surface area contributed by atoms with Gasteiger partial charge in [0.2, 0.25) is 0 Å². The first kappa shape index (κ1) is 6.36. The van der Waals surface area contributed by atoms with Crippen LogP contribution in [0.15, 0.2) is 26.8 Å². The van der Waals surface area contributed by atoms with Crippen molar-refractivity contribution in [1.82, 2.24) is 10.1 Å². The summed E-state index contributed by atoms with van der Waals surface area (Å²) in [4.78, 5) is 13.9. The number of nitrogens with zero attached hydrogens (tertiary/aromatic N) is 1. The molecule has 0 atom stereocenters. The van der Waals surface area contributed by atoms with Crippen molar-refractivity contribution in [3.05, 3.63) is 28.1 Å². The maximum Gasteiger partial charge on any atom is 0.439 e. The maximum atomic E-state index is 10.5. The molecule has 2 aromatic heterocycles. The minimum absolute atomic E-state index is 0.491. The van der Waals surface area contributed by atoms with Crippen LogP contribution in [0.4, 0.5) is 0 Å². The average Bonchev–Trinajstić information content (AvgIpc) is 2.55. The van der Waals surface area contributed by atoms with E-state index in [4.69, 9.17) is 0 Å². The van der Waals surface area contributed by atoms with Crippen molar-refractivity contribution >= 4 is 11.3 Å². The van der Waals surface area contributed by atoms with Crippen molar-refractivity contribution in [2.75, 3.05) is 0 Å². The van der Waals surface area contributed by atoms with Crippen molar-refractivity contribution < 1.29 is 4.52 Å². The van der Waals surface area contributed by atoms with Gasteiger partial charge in [0.1, 0.15) is 0 Å². The molecule has 0 aliphatic heterocycles. The molecular formula is C6H4N2O2S. The van der Waals surface area contributed by atoms with E-state index in [-0.39, 0.29) is 0 Å². The Labute approximate surface area is 65.5 Å². The number of hydrogen-bond acceptors (Lipinski definition) is 4. The molecule has 2 heterocycles. The summed E-state index contributed by atoms with van der Waals surface area (Å²) in [5.74, 6) is -0.0293. The normalized spacial score (nSPS) is 10.2. The number of H-pyrrole nitrogens is 1. The third kappa shape index (κ3) is 1.10. The van der Waals surface area contributed by atoms with Crippen LogP contribution in [0.3, 0.4) is 0 Å². The molecular weight excluding hydrogens is 164 g/mol. The topological polar surface area (TPSA) is 58.9 Å². The van der Waals surface area contributed by atoms with E-state index in [0.717, 1.165) is 4.88 Å². The predicted molar refractivity (Wildman–Crippen MR) is 40.4 cm³/mol. The van der Waals surface area contributed by atoms with Crippen LogP contribution in [-0.2, 0) is 0 Å². The first-order chi connectivity index (χ1) is 5.36. The van der Waals surface area contributed by atoms with Gasteiger partial charge in [-0.05, 0) is 11.4 Å². The van der Waals surface area contributed by atoms with Gasteiger partial charge in [0.15, 0.2) is 5.82 Å². The SMILES string of the molecule is O=c1[nH]c(-c2cccs2)no1. The Kier molecular flexibility index (Phi) is 1.36. The molecule has 1 N–H and O–H groups in total. The van der Waals surface area contributed by atoms with E-state index in [1.807, 2.05) is 17.5 Å². The summed E-state index contributed by atoms with van der Waals surface area (Å²) in [5.41, 5.74) is 0. The Morgan fingerprint density at radius 3 is 3.09 bits per heavy atom. The van der Waals surface area contributed by atoms with Crippen molar-refractivity contribution in [1.29, 1.82) is 0 Å². The second-order valence-corrected chi connectivity index (χ2v) is 2.87. The molecule has 0 spiro atoms. The van der Waals surface area contributed by atoms with Gasteiger partial charge in [0, 0.05) is 0 Å². The standard InChI is InChI=1S/C6H4N2O2S/c9-6-7-5(8-10-6)4-2-1-3-11-4/h1-3H,(H,7,8,9). The summed E-state index contributed by atoms with van der Waals surface area (Å²) in [6, 6.07) is 3.74. The zero-order chi connectivity index (χ0) is 7.68. The van der Waals surface area contributed by atoms with E-state index in [0.29, 0.717) is 5.82 Å². The molecule has 2 rings (SSSR count). The molecule has 0 unspecified atom stereocenters. The van der Waals surface area contributed by atoms with Crippen LogP contribution < -0.4 is 5.76 Å². The molecule has 56 valence electrons. The lowest BCUT2D eigenvalue weighted by molar-refractivity contribution is 0.388. The first-order valence-electron chi connectivity index (χ1n) is 2.96. The largest absolute Gasteiger partial charge is 0.439 e. The molecule has 0 aliphatic rings. The maximum absolute atomic E-state index is 10.5. The van der Waals surface area contributed by atoms with Gasteiger partial charge in [0.25, 0.3) is 0 Å². The average molecular weight is 168 g/mol. The summed E-state index contributed by atoms with van der Waals surface area (Å²) in [5, 5.41) is 5.43. The second-order valence-electron chi connectivity index (χ2n) is 1.92. The highest BCUT2D eigenvalue weighted by Crippen LogP contribution is 2.18. The highest BCUT2D eigenvalue weighted by Gasteiger charge is 2.02. The van der Waals surface area contributed by atoms with Gasteiger partial charge in [-0.15, -0.1) is 11.3 Å². The highest BCUT2D eigenvalue weighted by atomic mass is 32.1. The van der Waals surface area contributed by atoms with E-state index >= 15 is 0 Å². The summed E-state index contributed by atoms with van der Waals surface area (Å²) in [7, 11) is 0. The molecule has 0 aromatic carbocycles. The lowest BCUT2D eigenvalue weighted by Crippen LogP contribution is -1.94. The smallest absolute Gasteiger partial charge is 0.296 e. The monoisotopic (exact) mass is 168 g/mol. The zero-order valence-electron chi connectivity index (χ0n) is 5.40. The Balaban J connectivity index is 2.53. The number of hydrogen-bond donors (Lipinski definition) is 1. The van der Waals surface area contributed by atoms with Gasteiger partial charge in [-0.3, -0.25) is 9.51 Å². The Bertz CT molecular complexity index is 387. The van der Waals surface area contributed by atoms with Gasteiger partial charge in [-0.1, -0.05) is 11.2 Å². The third-order valence-corrected chi connectivity index (χ3v) is 2.07. The van der Waals surface area contributed by atoms with Crippen LogP contribution in [0.2, 0.25) is 0 Å². The van der Waals surface area contributed by atoms with Crippen molar-refractivity contribution in [3.8, 4) is 10.7 Å². The summed E-state index contributed by atoms with van der Waals surface area (Å²) < 4.78 is 4.33. The molecule has 0 saturated heterocycles. The van der Waals surface area contributed by atoms with E-state index < -0.39 is 5.76 Å². The fourth-order valence-electron chi connectivity index (χ4n) is 0.749. The van der Waals surface area contributed by atoms with E-state index in [9.17, 15) is 4.79 Å². The molecule has 11 heavy (non-hydrogen) atoms. The summed E-state index contributed by atoms with van der Waals surface area (Å²) in [6.45, 7) is 0. The Morgan fingerprint density at radius 1 is 1.64 bits per heavy atom. The Morgan fingerprint density at radius 2 is 2.55 bits per heavy atom. The molecule has 4 nitrogen and oxygen atoms in total. The predicted octanol–water partition coefficient (Wildman–Crippen LogP) is 1.09. The van der Waals surface area contributed by atoms with E-state index in [2.05, 4.69) is 14.7 Å². The van der Waals surface area contributed by atoms with Gasteiger partial charge >= 0.3 is 5.76 Å². The number of aromatic amines is 1. The molecule has 0 radical (unpaired) electrons. The number of aromatic nitrogens is 2. The lowest BCUT2D eigenvalue weighted by atomic mass is 10.4. The van der Waals surface area contributed by atoms with Crippen molar-refractivity contribution in [2.45, 2.75) is 0 Å². The minimum Gasteiger partial charge on any atom is -0.296 e. The molecule has 2 aromatic rings. The Hall–Kier alpha value is -1.36. The van der Waals surface area contributed by atoms with Gasteiger partial charge < -0.3 is 0 Å². The summed E-state index contributed by atoms with van der Waals surface area (Å²) >= 11 is 1.50.